The molecule has 0 amide bonds. The van der Waals surface area contributed by atoms with Gasteiger partial charge in [-0.05, 0) is 31.2 Å². The average molecular weight is 321 g/mol. The minimum absolute atomic E-state index is 0.303. The maximum absolute atomic E-state index is 6.01. The molecule has 0 spiro atoms. The number of guanidine groups is 1. The fourth-order valence-corrected chi connectivity index (χ4v) is 3.55. The lowest BCUT2D eigenvalue weighted by Crippen LogP contribution is -2.37. The summed E-state index contributed by atoms with van der Waals surface area (Å²) < 4.78 is 11.6. The fourth-order valence-electron chi connectivity index (χ4n) is 2.66. The predicted molar refractivity (Wildman–Crippen MR) is 92.3 cm³/mol. The highest BCUT2D eigenvalue weighted by Gasteiger charge is 2.35. The highest BCUT2D eigenvalue weighted by Crippen LogP contribution is 2.42. The molecule has 6 heteroatoms. The third kappa shape index (κ3) is 3.43. The molecule has 1 aliphatic heterocycles. The van der Waals surface area contributed by atoms with Gasteiger partial charge in [-0.1, -0.05) is 6.42 Å². The van der Waals surface area contributed by atoms with E-state index < -0.39 is 0 Å². The zero-order chi connectivity index (χ0) is 15.4. The van der Waals surface area contributed by atoms with Gasteiger partial charge >= 0.3 is 0 Å². The lowest BCUT2D eigenvalue weighted by molar-refractivity contribution is 0.297. The van der Waals surface area contributed by atoms with Gasteiger partial charge in [0, 0.05) is 22.9 Å². The van der Waals surface area contributed by atoms with Gasteiger partial charge in [0.1, 0.15) is 0 Å². The summed E-state index contributed by atoms with van der Waals surface area (Å²) in [5, 5.41) is 3.14. The number of anilines is 1. The number of aliphatic imine (C=N–C) groups is 1. The van der Waals surface area contributed by atoms with Crippen LogP contribution in [-0.2, 0) is 0 Å². The SMILES string of the molecule is CSC1(CN=C(N)Nc2ccc3c(c2)OCCCO3)CCC1. The Bertz CT molecular complexity index is 553. The van der Waals surface area contributed by atoms with Gasteiger partial charge in [-0.25, -0.2) is 0 Å². The summed E-state index contributed by atoms with van der Waals surface area (Å²) in [6, 6.07) is 5.76. The Morgan fingerprint density at radius 2 is 2.05 bits per heavy atom. The standard InChI is InChI=1S/C16H23N3O2S/c1-22-16(6-2-7-16)11-18-15(17)19-12-4-5-13-14(10-12)21-9-3-8-20-13/h4-5,10H,2-3,6-9,11H2,1H3,(H3,17,18,19). The maximum Gasteiger partial charge on any atom is 0.193 e. The van der Waals surface area contributed by atoms with Crippen LogP contribution in [0.4, 0.5) is 5.69 Å². The van der Waals surface area contributed by atoms with E-state index in [1.807, 2.05) is 30.0 Å². The third-order valence-electron chi connectivity index (χ3n) is 4.26. The minimum Gasteiger partial charge on any atom is -0.490 e. The van der Waals surface area contributed by atoms with Crippen molar-refractivity contribution in [2.75, 3.05) is 31.3 Å². The Kier molecular flexibility index (Phi) is 4.66. The molecular formula is C16H23N3O2S. The molecular weight excluding hydrogens is 298 g/mol. The molecule has 1 aromatic carbocycles. The lowest BCUT2D eigenvalue weighted by Gasteiger charge is -2.39. The van der Waals surface area contributed by atoms with E-state index in [-0.39, 0.29) is 0 Å². The van der Waals surface area contributed by atoms with Crippen LogP contribution in [0.2, 0.25) is 0 Å². The van der Waals surface area contributed by atoms with Gasteiger partial charge < -0.3 is 20.5 Å². The Hall–Kier alpha value is -1.56. The van der Waals surface area contributed by atoms with Crippen molar-refractivity contribution in [3.63, 3.8) is 0 Å². The molecule has 5 nitrogen and oxygen atoms in total. The molecule has 1 fully saturated rings. The van der Waals surface area contributed by atoms with Crippen molar-refractivity contribution in [3.05, 3.63) is 18.2 Å². The van der Waals surface area contributed by atoms with E-state index in [1.54, 1.807) is 0 Å². The van der Waals surface area contributed by atoms with Gasteiger partial charge in [-0.3, -0.25) is 4.99 Å². The van der Waals surface area contributed by atoms with Crippen LogP contribution < -0.4 is 20.5 Å². The van der Waals surface area contributed by atoms with Crippen molar-refractivity contribution in [2.45, 2.75) is 30.4 Å². The van der Waals surface area contributed by atoms with E-state index >= 15 is 0 Å². The van der Waals surface area contributed by atoms with Crippen LogP contribution in [0.3, 0.4) is 0 Å². The summed E-state index contributed by atoms with van der Waals surface area (Å²) in [5.41, 5.74) is 6.88. The number of benzene rings is 1. The summed E-state index contributed by atoms with van der Waals surface area (Å²) in [5.74, 6) is 2.00. The molecule has 2 aliphatic rings. The first-order valence-electron chi connectivity index (χ1n) is 7.73. The first-order valence-corrected chi connectivity index (χ1v) is 8.95. The fraction of sp³-hybridized carbons (Fsp3) is 0.562. The van der Waals surface area contributed by atoms with Crippen LogP contribution in [0.5, 0.6) is 11.5 Å². The summed E-state index contributed by atoms with van der Waals surface area (Å²) in [6.45, 7) is 2.15. The number of rotatable bonds is 4. The second-order valence-electron chi connectivity index (χ2n) is 5.78. The predicted octanol–water partition coefficient (Wildman–Crippen LogP) is 2.86. The molecule has 0 aromatic heterocycles. The minimum atomic E-state index is 0.303. The Morgan fingerprint density at radius 1 is 1.27 bits per heavy atom. The van der Waals surface area contributed by atoms with E-state index in [1.165, 1.54) is 19.3 Å². The van der Waals surface area contributed by atoms with E-state index in [0.29, 0.717) is 23.9 Å². The molecule has 3 N–H and O–H groups in total. The van der Waals surface area contributed by atoms with Crippen LogP contribution in [0, 0.1) is 0 Å². The van der Waals surface area contributed by atoms with Crippen LogP contribution in [0.15, 0.2) is 23.2 Å². The van der Waals surface area contributed by atoms with Crippen molar-refractivity contribution in [1.29, 1.82) is 0 Å². The summed E-state index contributed by atoms with van der Waals surface area (Å²) in [4.78, 5) is 4.51. The van der Waals surface area contributed by atoms with Gasteiger partial charge in [-0.15, -0.1) is 0 Å². The third-order valence-corrected chi connectivity index (χ3v) is 5.66. The van der Waals surface area contributed by atoms with Gasteiger partial charge in [0.25, 0.3) is 0 Å². The zero-order valence-electron chi connectivity index (χ0n) is 12.9. The number of thioether (sulfide) groups is 1. The number of nitrogens with zero attached hydrogens (tertiary/aromatic N) is 1. The topological polar surface area (TPSA) is 68.9 Å². The largest absolute Gasteiger partial charge is 0.490 e. The smallest absolute Gasteiger partial charge is 0.193 e. The molecule has 1 aromatic rings. The lowest BCUT2D eigenvalue weighted by atomic mass is 9.84. The summed E-state index contributed by atoms with van der Waals surface area (Å²) in [6.07, 6.45) is 6.82. The van der Waals surface area contributed by atoms with Crippen molar-refractivity contribution in [1.82, 2.24) is 0 Å². The molecule has 0 saturated heterocycles. The quantitative estimate of drug-likeness (QED) is 0.659. The van der Waals surface area contributed by atoms with E-state index in [9.17, 15) is 0 Å². The molecule has 3 rings (SSSR count). The molecule has 0 unspecified atom stereocenters. The first kappa shape index (κ1) is 15.3. The Morgan fingerprint density at radius 3 is 2.73 bits per heavy atom. The van der Waals surface area contributed by atoms with E-state index in [2.05, 4.69) is 16.6 Å². The molecule has 22 heavy (non-hydrogen) atoms. The van der Waals surface area contributed by atoms with Crippen molar-refractivity contribution in [3.8, 4) is 11.5 Å². The summed E-state index contributed by atoms with van der Waals surface area (Å²) >= 11 is 1.90. The van der Waals surface area contributed by atoms with E-state index in [4.69, 9.17) is 15.2 Å². The maximum atomic E-state index is 6.01. The van der Waals surface area contributed by atoms with Crippen molar-refractivity contribution >= 4 is 23.4 Å². The van der Waals surface area contributed by atoms with E-state index in [0.717, 1.165) is 30.2 Å². The van der Waals surface area contributed by atoms with Gasteiger partial charge in [0.15, 0.2) is 17.5 Å². The Balaban J connectivity index is 1.63. The zero-order valence-corrected chi connectivity index (χ0v) is 13.7. The molecule has 1 saturated carbocycles. The van der Waals surface area contributed by atoms with Crippen LogP contribution in [0.1, 0.15) is 25.7 Å². The molecule has 1 aliphatic carbocycles. The first-order chi connectivity index (χ1) is 10.7. The van der Waals surface area contributed by atoms with Crippen LogP contribution in [0.25, 0.3) is 0 Å². The van der Waals surface area contributed by atoms with Gasteiger partial charge in [0.05, 0.1) is 19.8 Å². The van der Waals surface area contributed by atoms with Gasteiger partial charge in [-0.2, -0.15) is 11.8 Å². The highest BCUT2D eigenvalue weighted by molar-refractivity contribution is 8.00. The molecule has 1 heterocycles. The van der Waals surface area contributed by atoms with Crippen molar-refractivity contribution in [2.24, 2.45) is 10.7 Å². The van der Waals surface area contributed by atoms with Crippen LogP contribution >= 0.6 is 11.8 Å². The number of nitrogens with two attached hydrogens (primary N) is 1. The summed E-state index contributed by atoms with van der Waals surface area (Å²) in [7, 11) is 0. The number of hydrogen-bond donors (Lipinski definition) is 2. The van der Waals surface area contributed by atoms with Crippen molar-refractivity contribution < 1.29 is 9.47 Å². The second-order valence-corrected chi connectivity index (χ2v) is 7.05. The normalized spacial score (nSPS) is 20.0. The molecule has 0 radical (unpaired) electrons. The highest BCUT2D eigenvalue weighted by atomic mass is 32.2. The second kappa shape index (κ2) is 6.69. The number of nitrogens with one attached hydrogen (secondary N) is 1. The number of fused-ring (bicyclic) bond motifs is 1. The number of ether oxygens (including phenoxy) is 2. The average Bonchev–Trinajstić information content (AvgIpc) is 2.71. The molecule has 0 bridgehead atoms. The molecule has 120 valence electrons. The monoisotopic (exact) mass is 321 g/mol. The Labute approximate surface area is 135 Å². The van der Waals surface area contributed by atoms with Crippen LogP contribution in [-0.4, -0.2) is 36.7 Å². The molecule has 0 atom stereocenters. The van der Waals surface area contributed by atoms with Gasteiger partial charge in [0.2, 0.25) is 0 Å². The number of hydrogen-bond acceptors (Lipinski definition) is 4.